The van der Waals surface area contributed by atoms with Gasteiger partial charge in [0.1, 0.15) is 18.7 Å². The third-order valence-corrected chi connectivity index (χ3v) is 6.81. The van der Waals surface area contributed by atoms with E-state index in [9.17, 15) is 14.4 Å². The average molecular weight is 459 g/mol. The standard InChI is InChI=1S/C26H38N2O5/c1-4-11-21(25(30)32-5-2)27-18(3)24(29)28-22-15-10-9-14-20(22)16-23(28)26(31)33-17-19-12-7-6-8-13-19/h6-8,12-13,18,20-23,27H,4-5,9-11,14-17H2,1-3H3/t18-,20?,21-,22?,23?/m0/s1. The number of benzene rings is 1. The SMILES string of the molecule is CCC[C@H](N[C@@H](C)C(=O)N1C(C(=O)OCc2ccccc2)CC2CCCCC21)C(=O)OCC. The lowest BCUT2D eigenvalue weighted by Crippen LogP contribution is -2.55. The molecule has 0 spiro atoms. The lowest BCUT2D eigenvalue weighted by Gasteiger charge is -2.35. The normalized spacial score (nSPS) is 24.0. The molecule has 3 unspecified atom stereocenters. The Morgan fingerprint density at radius 1 is 1.09 bits per heavy atom. The van der Waals surface area contributed by atoms with Crippen LogP contribution in [0.3, 0.4) is 0 Å². The van der Waals surface area contributed by atoms with Gasteiger partial charge in [-0.3, -0.25) is 14.9 Å². The fourth-order valence-electron chi connectivity index (χ4n) is 5.21. The molecule has 1 aromatic carbocycles. The minimum Gasteiger partial charge on any atom is -0.465 e. The summed E-state index contributed by atoms with van der Waals surface area (Å²) in [5.41, 5.74) is 0.922. The van der Waals surface area contributed by atoms with Gasteiger partial charge >= 0.3 is 11.9 Å². The van der Waals surface area contributed by atoms with Crippen LogP contribution in [0.2, 0.25) is 0 Å². The summed E-state index contributed by atoms with van der Waals surface area (Å²) in [7, 11) is 0. The van der Waals surface area contributed by atoms with Crippen LogP contribution in [-0.2, 0) is 30.5 Å². The first kappa shape index (κ1) is 25.2. The quantitative estimate of drug-likeness (QED) is 0.539. The van der Waals surface area contributed by atoms with Crippen LogP contribution in [0.4, 0.5) is 0 Å². The maximum Gasteiger partial charge on any atom is 0.329 e. The zero-order valence-electron chi connectivity index (χ0n) is 20.1. The van der Waals surface area contributed by atoms with Gasteiger partial charge in [-0.15, -0.1) is 0 Å². The van der Waals surface area contributed by atoms with Gasteiger partial charge in [0.25, 0.3) is 0 Å². The van der Waals surface area contributed by atoms with Gasteiger partial charge < -0.3 is 14.4 Å². The summed E-state index contributed by atoms with van der Waals surface area (Å²) >= 11 is 0. The zero-order chi connectivity index (χ0) is 23.8. The summed E-state index contributed by atoms with van der Waals surface area (Å²) < 4.78 is 10.8. The molecule has 2 aliphatic rings. The first-order valence-electron chi connectivity index (χ1n) is 12.4. The molecule has 1 aliphatic heterocycles. The van der Waals surface area contributed by atoms with Crippen molar-refractivity contribution in [2.45, 2.75) is 96.5 Å². The van der Waals surface area contributed by atoms with E-state index in [4.69, 9.17) is 9.47 Å². The summed E-state index contributed by atoms with van der Waals surface area (Å²) in [5.74, 6) is -0.503. The van der Waals surface area contributed by atoms with Crippen LogP contribution in [0.25, 0.3) is 0 Å². The molecule has 5 atom stereocenters. The molecule has 1 aliphatic carbocycles. The minimum absolute atomic E-state index is 0.0528. The smallest absolute Gasteiger partial charge is 0.329 e. The third-order valence-electron chi connectivity index (χ3n) is 6.81. The molecule has 182 valence electrons. The van der Waals surface area contributed by atoms with Crippen molar-refractivity contribution in [1.29, 1.82) is 0 Å². The molecule has 0 aromatic heterocycles. The summed E-state index contributed by atoms with van der Waals surface area (Å²) in [6, 6.07) is 7.91. The molecule has 33 heavy (non-hydrogen) atoms. The molecule has 1 heterocycles. The van der Waals surface area contributed by atoms with Crippen molar-refractivity contribution in [2.24, 2.45) is 5.92 Å². The molecule has 0 bridgehead atoms. The number of likely N-dealkylation sites (tertiary alicyclic amines) is 1. The van der Waals surface area contributed by atoms with E-state index >= 15 is 0 Å². The van der Waals surface area contributed by atoms with Crippen LogP contribution < -0.4 is 5.32 Å². The van der Waals surface area contributed by atoms with Crippen molar-refractivity contribution in [3.8, 4) is 0 Å². The second-order valence-corrected chi connectivity index (χ2v) is 9.18. The van der Waals surface area contributed by atoms with Gasteiger partial charge in [-0.05, 0) is 51.0 Å². The Labute approximate surface area is 197 Å². The molecule has 1 saturated heterocycles. The number of hydrogen-bond donors (Lipinski definition) is 1. The molecule has 3 rings (SSSR count). The summed E-state index contributed by atoms with van der Waals surface area (Å²) in [5, 5.41) is 3.17. The highest BCUT2D eigenvalue weighted by Crippen LogP contribution is 2.40. The first-order valence-corrected chi connectivity index (χ1v) is 12.4. The van der Waals surface area contributed by atoms with Gasteiger partial charge in [-0.25, -0.2) is 4.79 Å². The Hall–Kier alpha value is -2.41. The van der Waals surface area contributed by atoms with Crippen LogP contribution in [0.5, 0.6) is 0 Å². The number of carbonyl (C=O) groups excluding carboxylic acids is 3. The Morgan fingerprint density at radius 2 is 1.82 bits per heavy atom. The Bertz CT molecular complexity index is 799. The highest BCUT2D eigenvalue weighted by Gasteiger charge is 2.49. The monoisotopic (exact) mass is 458 g/mol. The van der Waals surface area contributed by atoms with Crippen LogP contribution >= 0.6 is 0 Å². The molecular weight excluding hydrogens is 420 g/mol. The highest BCUT2D eigenvalue weighted by molar-refractivity contribution is 5.89. The topological polar surface area (TPSA) is 84.9 Å². The first-order chi connectivity index (χ1) is 16.0. The van der Waals surface area contributed by atoms with Gasteiger partial charge in [0.15, 0.2) is 0 Å². The predicted molar refractivity (Wildman–Crippen MR) is 125 cm³/mol. The van der Waals surface area contributed by atoms with Crippen molar-refractivity contribution < 1.29 is 23.9 Å². The lowest BCUT2D eigenvalue weighted by molar-refractivity contribution is -0.157. The van der Waals surface area contributed by atoms with Gasteiger partial charge in [0.2, 0.25) is 5.91 Å². The molecule has 7 heteroatoms. The zero-order valence-corrected chi connectivity index (χ0v) is 20.1. The van der Waals surface area contributed by atoms with Crippen LogP contribution in [0.15, 0.2) is 30.3 Å². The van der Waals surface area contributed by atoms with E-state index in [0.29, 0.717) is 25.4 Å². The number of carbonyl (C=O) groups is 3. The van der Waals surface area contributed by atoms with E-state index in [1.54, 1.807) is 18.7 Å². The Morgan fingerprint density at radius 3 is 2.52 bits per heavy atom. The van der Waals surface area contributed by atoms with Crippen molar-refractivity contribution >= 4 is 17.8 Å². The fraction of sp³-hybridized carbons (Fsp3) is 0.654. The Balaban J connectivity index is 1.72. The molecule has 1 saturated carbocycles. The fourth-order valence-corrected chi connectivity index (χ4v) is 5.21. The van der Waals surface area contributed by atoms with E-state index in [0.717, 1.165) is 37.7 Å². The van der Waals surface area contributed by atoms with Crippen molar-refractivity contribution in [3.05, 3.63) is 35.9 Å². The maximum atomic E-state index is 13.6. The summed E-state index contributed by atoms with van der Waals surface area (Å²) in [6.07, 6.45) is 6.14. The van der Waals surface area contributed by atoms with Crippen molar-refractivity contribution in [3.63, 3.8) is 0 Å². The summed E-state index contributed by atoms with van der Waals surface area (Å²) in [4.78, 5) is 40.8. The van der Waals surface area contributed by atoms with Gasteiger partial charge in [0, 0.05) is 6.04 Å². The predicted octanol–water partition coefficient (Wildman–Crippen LogP) is 3.60. The van der Waals surface area contributed by atoms with Crippen molar-refractivity contribution in [2.75, 3.05) is 6.61 Å². The lowest BCUT2D eigenvalue weighted by atomic mass is 9.84. The number of rotatable bonds is 10. The van der Waals surface area contributed by atoms with E-state index in [2.05, 4.69) is 5.32 Å². The molecule has 1 N–H and O–H groups in total. The molecule has 1 aromatic rings. The second-order valence-electron chi connectivity index (χ2n) is 9.18. The molecule has 2 fully saturated rings. The summed E-state index contributed by atoms with van der Waals surface area (Å²) in [6.45, 7) is 6.03. The average Bonchev–Trinajstić information content (AvgIpc) is 3.22. The molecule has 7 nitrogen and oxygen atoms in total. The van der Waals surface area contributed by atoms with Gasteiger partial charge in [-0.2, -0.15) is 0 Å². The number of nitrogens with one attached hydrogen (secondary N) is 1. The van der Waals surface area contributed by atoms with E-state index < -0.39 is 18.1 Å². The van der Waals surface area contributed by atoms with Gasteiger partial charge in [0.05, 0.1) is 12.6 Å². The number of fused-ring (bicyclic) bond motifs is 1. The molecule has 1 amide bonds. The number of amides is 1. The molecular formula is C26H38N2O5. The van der Waals surface area contributed by atoms with Crippen LogP contribution in [0.1, 0.15) is 71.3 Å². The number of ether oxygens (including phenoxy) is 2. The van der Waals surface area contributed by atoms with E-state index in [1.807, 2.05) is 37.3 Å². The van der Waals surface area contributed by atoms with Crippen LogP contribution in [-0.4, -0.2) is 53.5 Å². The number of hydrogen-bond acceptors (Lipinski definition) is 6. The minimum atomic E-state index is -0.601. The second kappa shape index (κ2) is 12.2. The third kappa shape index (κ3) is 6.34. The van der Waals surface area contributed by atoms with Crippen LogP contribution in [0, 0.1) is 5.92 Å². The molecule has 0 radical (unpaired) electrons. The highest BCUT2D eigenvalue weighted by atomic mass is 16.5. The number of esters is 2. The van der Waals surface area contributed by atoms with Crippen molar-refractivity contribution in [1.82, 2.24) is 10.2 Å². The Kier molecular flexibility index (Phi) is 9.30. The van der Waals surface area contributed by atoms with E-state index in [-0.39, 0.29) is 30.5 Å². The number of nitrogens with zero attached hydrogens (tertiary/aromatic N) is 1. The van der Waals surface area contributed by atoms with Gasteiger partial charge in [-0.1, -0.05) is 56.5 Å². The van der Waals surface area contributed by atoms with E-state index in [1.165, 1.54) is 0 Å². The maximum absolute atomic E-state index is 13.6. The largest absolute Gasteiger partial charge is 0.465 e.